The quantitative estimate of drug-likeness (QED) is 0.159. The lowest BCUT2D eigenvalue weighted by Gasteiger charge is -2.08. The molecule has 0 atom stereocenters. The van der Waals surface area contributed by atoms with Gasteiger partial charge in [-0.05, 0) is 88.5 Å². The molecule has 4 aromatic carbocycles. The predicted octanol–water partition coefficient (Wildman–Crippen LogP) is 8.83. The van der Waals surface area contributed by atoms with Gasteiger partial charge in [0, 0.05) is 48.3 Å². The minimum Gasteiger partial charge on any atom is -0.399 e. The van der Waals surface area contributed by atoms with Crippen LogP contribution in [0.15, 0.2) is 158 Å². The van der Waals surface area contributed by atoms with Crippen molar-refractivity contribution in [2.24, 2.45) is 0 Å². The normalized spacial score (nSPS) is 9.52. The summed E-state index contributed by atoms with van der Waals surface area (Å²) >= 11 is 0. The Morgan fingerprint density at radius 3 is 1.62 bits per heavy atom. The van der Waals surface area contributed by atoms with Gasteiger partial charge in [0.05, 0.1) is 0 Å². The Kier molecular flexibility index (Phi) is 12.7. The number of para-hydroxylation sites is 2. The lowest BCUT2D eigenvalue weighted by atomic mass is 10.0. The molecule has 0 spiro atoms. The van der Waals surface area contributed by atoms with Crippen molar-refractivity contribution in [3.63, 3.8) is 0 Å². The van der Waals surface area contributed by atoms with Crippen LogP contribution in [0.5, 0.6) is 0 Å². The van der Waals surface area contributed by atoms with Crippen molar-refractivity contribution in [1.82, 2.24) is 9.97 Å². The Bertz CT molecular complexity index is 1590. The van der Waals surface area contributed by atoms with Gasteiger partial charge in [-0.3, -0.25) is 14.8 Å². The first kappa shape index (κ1) is 31.0. The van der Waals surface area contributed by atoms with E-state index in [1.165, 1.54) is 16.7 Å². The number of aromatic nitrogens is 2. The largest absolute Gasteiger partial charge is 0.399 e. The van der Waals surface area contributed by atoms with Crippen LogP contribution in [0.2, 0.25) is 0 Å². The number of rotatable bonds is 6. The molecule has 0 aliphatic heterocycles. The fourth-order valence-electron chi connectivity index (χ4n) is 3.95. The maximum atomic E-state index is 10.6. The molecule has 0 radical (unpaired) electrons. The van der Waals surface area contributed by atoms with E-state index in [1.807, 2.05) is 103 Å². The van der Waals surface area contributed by atoms with E-state index in [4.69, 9.17) is 5.73 Å². The Morgan fingerprint density at radius 2 is 1.10 bits per heavy atom. The van der Waals surface area contributed by atoms with Gasteiger partial charge in [-0.15, -0.1) is 0 Å². The Hall–Kier alpha value is -5.55. The average molecular weight is 553 g/mol. The van der Waals surface area contributed by atoms with Crippen LogP contribution in [0.3, 0.4) is 0 Å². The molecule has 0 saturated carbocycles. The summed E-state index contributed by atoms with van der Waals surface area (Å²) in [6, 6.07) is 43.7. The summed E-state index contributed by atoms with van der Waals surface area (Å²) in [4.78, 5) is 18.6. The van der Waals surface area contributed by atoms with Crippen LogP contribution in [0, 0.1) is 0 Å². The van der Waals surface area contributed by atoms with Crippen LogP contribution in [-0.2, 0) is 6.54 Å². The van der Waals surface area contributed by atoms with E-state index >= 15 is 0 Å². The SMILES string of the molecule is C.Nc1ccccc1.O=Cc1cccc(-c2ccncc2)c1.c1ccc(NCc2cccc(-c3ccncc3)c2)cc1. The maximum absolute atomic E-state index is 10.6. The van der Waals surface area contributed by atoms with E-state index in [-0.39, 0.29) is 7.43 Å². The number of nitrogen functional groups attached to an aromatic ring is 1. The van der Waals surface area contributed by atoms with E-state index in [2.05, 4.69) is 51.7 Å². The minimum atomic E-state index is 0. The van der Waals surface area contributed by atoms with Crippen molar-refractivity contribution < 1.29 is 4.79 Å². The number of anilines is 2. The molecule has 5 nitrogen and oxygen atoms in total. The molecule has 0 saturated heterocycles. The highest BCUT2D eigenvalue weighted by Gasteiger charge is 2.00. The number of pyridine rings is 2. The van der Waals surface area contributed by atoms with E-state index < -0.39 is 0 Å². The van der Waals surface area contributed by atoms with Crippen molar-refractivity contribution >= 4 is 17.7 Å². The molecule has 5 heteroatoms. The summed E-state index contributed by atoms with van der Waals surface area (Å²) in [5.74, 6) is 0. The highest BCUT2D eigenvalue weighted by atomic mass is 16.1. The first-order valence-electron chi connectivity index (χ1n) is 13.3. The summed E-state index contributed by atoms with van der Waals surface area (Å²) in [6.07, 6.45) is 7.98. The fraction of sp³-hybridized carbons (Fsp3) is 0.0541. The molecule has 0 aliphatic rings. The average Bonchev–Trinajstić information content (AvgIpc) is 3.06. The number of aldehydes is 1. The van der Waals surface area contributed by atoms with Crippen LogP contribution in [0.1, 0.15) is 23.3 Å². The Morgan fingerprint density at radius 1 is 0.571 bits per heavy atom. The third kappa shape index (κ3) is 10.2. The number of benzene rings is 4. The third-order valence-electron chi connectivity index (χ3n) is 6.05. The number of nitrogens with zero attached hydrogens (tertiary/aromatic N) is 2. The lowest BCUT2D eigenvalue weighted by Crippen LogP contribution is -1.99. The Balaban J connectivity index is 0.000000191. The van der Waals surface area contributed by atoms with Crippen molar-refractivity contribution in [2.45, 2.75) is 14.0 Å². The summed E-state index contributed by atoms with van der Waals surface area (Å²) < 4.78 is 0. The van der Waals surface area contributed by atoms with Crippen LogP contribution >= 0.6 is 0 Å². The Labute approximate surface area is 248 Å². The van der Waals surface area contributed by atoms with Crippen LogP contribution < -0.4 is 11.1 Å². The highest BCUT2D eigenvalue weighted by molar-refractivity contribution is 5.78. The molecular formula is C37H36N4O. The van der Waals surface area contributed by atoms with Gasteiger partial charge < -0.3 is 11.1 Å². The molecule has 6 rings (SSSR count). The van der Waals surface area contributed by atoms with Gasteiger partial charge in [0.2, 0.25) is 0 Å². The van der Waals surface area contributed by atoms with Crippen LogP contribution in [0.25, 0.3) is 22.3 Å². The van der Waals surface area contributed by atoms with Crippen molar-refractivity contribution in [3.05, 3.63) is 169 Å². The zero-order valence-corrected chi connectivity index (χ0v) is 22.7. The summed E-state index contributed by atoms with van der Waals surface area (Å²) in [5, 5.41) is 3.43. The molecule has 0 amide bonds. The van der Waals surface area contributed by atoms with Crippen LogP contribution in [-0.4, -0.2) is 16.3 Å². The fourth-order valence-corrected chi connectivity index (χ4v) is 3.95. The maximum Gasteiger partial charge on any atom is 0.150 e. The molecule has 210 valence electrons. The number of carbonyl (C=O) groups excluding carboxylic acids is 1. The molecule has 0 fully saturated rings. The monoisotopic (exact) mass is 552 g/mol. The van der Waals surface area contributed by atoms with Gasteiger partial charge in [0.15, 0.2) is 0 Å². The van der Waals surface area contributed by atoms with Gasteiger partial charge in [0.1, 0.15) is 6.29 Å². The molecule has 2 heterocycles. The number of carbonyl (C=O) groups is 1. The first-order chi connectivity index (χ1) is 20.2. The second kappa shape index (κ2) is 17.2. The zero-order valence-electron chi connectivity index (χ0n) is 22.7. The minimum absolute atomic E-state index is 0. The predicted molar refractivity (Wildman–Crippen MR) is 176 cm³/mol. The summed E-state index contributed by atoms with van der Waals surface area (Å²) in [7, 11) is 0. The van der Waals surface area contributed by atoms with Gasteiger partial charge in [-0.25, -0.2) is 0 Å². The highest BCUT2D eigenvalue weighted by Crippen LogP contribution is 2.20. The van der Waals surface area contributed by atoms with Gasteiger partial charge in [-0.2, -0.15) is 0 Å². The number of hydrogen-bond donors (Lipinski definition) is 2. The standard InChI is InChI=1S/C18H16N2.C12H9NO.C6H7N.CH4/c1-2-7-18(8-3-1)20-14-15-5-4-6-17(13-15)16-9-11-19-12-10-16;14-9-10-2-1-3-12(8-10)11-4-6-13-7-5-11;7-6-4-2-1-3-5-6;/h1-13,20H,14H2;1-9H;1-5H,7H2;1H4. The number of nitrogens with two attached hydrogens (primary N) is 1. The molecule has 0 bridgehead atoms. The summed E-state index contributed by atoms with van der Waals surface area (Å²) in [5.41, 5.74) is 13.8. The molecule has 0 unspecified atom stereocenters. The second-order valence-corrected chi connectivity index (χ2v) is 9.05. The lowest BCUT2D eigenvalue weighted by molar-refractivity contribution is 0.112. The van der Waals surface area contributed by atoms with Gasteiger partial charge >= 0.3 is 0 Å². The van der Waals surface area contributed by atoms with Crippen LogP contribution in [0.4, 0.5) is 11.4 Å². The summed E-state index contributed by atoms with van der Waals surface area (Å²) in [6.45, 7) is 0.822. The third-order valence-corrected chi connectivity index (χ3v) is 6.05. The number of nitrogens with one attached hydrogen (secondary N) is 1. The zero-order chi connectivity index (χ0) is 28.5. The van der Waals surface area contributed by atoms with Crippen molar-refractivity contribution in [3.8, 4) is 22.3 Å². The molecule has 42 heavy (non-hydrogen) atoms. The van der Waals surface area contributed by atoms with Gasteiger partial charge in [0.25, 0.3) is 0 Å². The van der Waals surface area contributed by atoms with Crippen molar-refractivity contribution in [2.75, 3.05) is 11.1 Å². The smallest absolute Gasteiger partial charge is 0.150 e. The molecule has 2 aromatic heterocycles. The van der Waals surface area contributed by atoms with E-state index in [1.54, 1.807) is 18.5 Å². The first-order valence-corrected chi connectivity index (χ1v) is 13.3. The van der Waals surface area contributed by atoms with E-state index in [0.717, 1.165) is 35.3 Å². The van der Waals surface area contributed by atoms with Crippen molar-refractivity contribution in [1.29, 1.82) is 0 Å². The molecule has 6 aromatic rings. The molecule has 0 aliphatic carbocycles. The van der Waals surface area contributed by atoms with E-state index in [9.17, 15) is 4.79 Å². The second-order valence-electron chi connectivity index (χ2n) is 9.05. The topological polar surface area (TPSA) is 80.9 Å². The van der Waals surface area contributed by atoms with E-state index in [0.29, 0.717) is 5.56 Å². The number of hydrogen-bond acceptors (Lipinski definition) is 5. The molecule has 3 N–H and O–H groups in total. The molecular weight excluding hydrogens is 516 g/mol. The van der Waals surface area contributed by atoms with Gasteiger partial charge in [-0.1, -0.05) is 80.2 Å².